The highest BCUT2D eigenvalue weighted by molar-refractivity contribution is 5.79. The summed E-state index contributed by atoms with van der Waals surface area (Å²) in [6, 6.07) is 0.740. The van der Waals surface area contributed by atoms with Gasteiger partial charge in [-0.2, -0.15) is 9.78 Å². The number of likely N-dealkylation sites (N-methyl/N-ethyl adjacent to an activating group) is 1. The van der Waals surface area contributed by atoms with E-state index in [4.69, 9.17) is 0 Å². The Labute approximate surface area is 146 Å². The van der Waals surface area contributed by atoms with Gasteiger partial charge in [0, 0.05) is 31.4 Å². The van der Waals surface area contributed by atoms with Crippen LogP contribution in [0.25, 0.3) is 0 Å². The van der Waals surface area contributed by atoms with E-state index in [0.717, 1.165) is 23.5 Å². The van der Waals surface area contributed by atoms with Crippen LogP contribution in [0, 0.1) is 30.9 Å². The molecule has 0 aliphatic rings. The average molecular weight is 348 g/mol. The molecule has 136 valence electrons. The maximum Gasteiger partial charge on any atom is 0.390 e. The molecule has 0 aliphatic heterocycles. The first-order chi connectivity index (χ1) is 11.7. The molecule has 2 rings (SSSR count). The molecule has 0 saturated carbocycles. The standard InChI is InChI=1S/C16H24N6O3/c1-7-20-12(4)14(11(3)17-20)9-19(6)16(23)13(5)21-10(2)8-15(18-21)22(24)25/h8,13H,7,9H2,1-6H3. The van der Waals surface area contributed by atoms with E-state index in [1.807, 2.05) is 25.5 Å². The van der Waals surface area contributed by atoms with E-state index in [1.165, 1.54) is 10.7 Å². The maximum absolute atomic E-state index is 12.7. The first kappa shape index (κ1) is 18.6. The second-order valence-electron chi connectivity index (χ2n) is 6.18. The molecule has 9 heteroatoms. The number of amides is 1. The third-order valence-electron chi connectivity index (χ3n) is 4.42. The molecule has 0 aromatic carbocycles. The second-order valence-corrected chi connectivity index (χ2v) is 6.18. The Morgan fingerprint density at radius 2 is 2.00 bits per heavy atom. The third-order valence-corrected chi connectivity index (χ3v) is 4.42. The summed E-state index contributed by atoms with van der Waals surface area (Å²) in [6.07, 6.45) is 0. The molecule has 0 N–H and O–H groups in total. The van der Waals surface area contributed by atoms with Gasteiger partial charge in [-0.3, -0.25) is 9.48 Å². The number of carbonyl (C=O) groups excluding carboxylic acids is 1. The summed E-state index contributed by atoms with van der Waals surface area (Å²) in [5.41, 5.74) is 3.54. The number of hydrogen-bond donors (Lipinski definition) is 0. The molecule has 25 heavy (non-hydrogen) atoms. The molecule has 1 atom stereocenters. The molecule has 0 saturated heterocycles. The lowest BCUT2D eigenvalue weighted by Gasteiger charge is -2.21. The Balaban J connectivity index is 2.20. The van der Waals surface area contributed by atoms with Crippen molar-refractivity contribution in [1.82, 2.24) is 24.5 Å². The summed E-state index contributed by atoms with van der Waals surface area (Å²) in [7, 11) is 1.72. The zero-order chi connectivity index (χ0) is 18.9. The molecule has 0 radical (unpaired) electrons. The minimum absolute atomic E-state index is 0.163. The van der Waals surface area contributed by atoms with Crippen LogP contribution in [0.3, 0.4) is 0 Å². The Bertz CT molecular complexity index is 807. The fourth-order valence-corrected chi connectivity index (χ4v) is 2.96. The van der Waals surface area contributed by atoms with Gasteiger partial charge in [-0.1, -0.05) is 0 Å². The lowest BCUT2D eigenvalue weighted by molar-refractivity contribution is -0.389. The molecule has 1 amide bonds. The normalized spacial score (nSPS) is 12.2. The largest absolute Gasteiger partial charge is 0.390 e. The van der Waals surface area contributed by atoms with E-state index in [9.17, 15) is 14.9 Å². The van der Waals surface area contributed by atoms with Gasteiger partial charge in [0.2, 0.25) is 5.91 Å². The van der Waals surface area contributed by atoms with Crippen molar-refractivity contribution >= 4 is 11.7 Å². The van der Waals surface area contributed by atoms with E-state index in [0.29, 0.717) is 12.2 Å². The van der Waals surface area contributed by atoms with E-state index in [1.54, 1.807) is 25.8 Å². The van der Waals surface area contributed by atoms with Gasteiger partial charge in [0.05, 0.1) is 22.6 Å². The first-order valence-corrected chi connectivity index (χ1v) is 8.15. The zero-order valence-electron chi connectivity index (χ0n) is 15.5. The quantitative estimate of drug-likeness (QED) is 0.588. The number of aromatic nitrogens is 4. The topological polar surface area (TPSA) is 99.1 Å². The molecule has 2 aromatic rings. The zero-order valence-corrected chi connectivity index (χ0v) is 15.5. The Hall–Kier alpha value is -2.71. The minimum Gasteiger partial charge on any atom is -0.358 e. The first-order valence-electron chi connectivity index (χ1n) is 8.15. The van der Waals surface area contributed by atoms with Crippen molar-refractivity contribution in [3.8, 4) is 0 Å². The van der Waals surface area contributed by atoms with Crippen LogP contribution in [-0.4, -0.2) is 42.3 Å². The van der Waals surface area contributed by atoms with Gasteiger partial charge in [0.25, 0.3) is 0 Å². The predicted molar refractivity (Wildman–Crippen MR) is 92.2 cm³/mol. The van der Waals surface area contributed by atoms with Crippen LogP contribution in [-0.2, 0) is 17.9 Å². The molecule has 0 aliphatic carbocycles. The highest BCUT2D eigenvalue weighted by Gasteiger charge is 2.27. The summed E-state index contributed by atoms with van der Waals surface area (Å²) in [5, 5.41) is 19.3. The molecule has 0 bridgehead atoms. The Morgan fingerprint density at radius 3 is 2.48 bits per heavy atom. The lowest BCUT2D eigenvalue weighted by atomic mass is 10.1. The molecule has 2 aromatic heterocycles. The number of rotatable bonds is 6. The van der Waals surface area contributed by atoms with Crippen LogP contribution in [0.5, 0.6) is 0 Å². The number of aryl methyl sites for hydroxylation is 3. The highest BCUT2D eigenvalue weighted by atomic mass is 16.6. The van der Waals surface area contributed by atoms with Gasteiger partial charge in [-0.25, -0.2) is 0 Å². The molecule has 0 fully saturated rings. The Morgan fingerprint density at radius 1 is 1.36 bits per heavy atom. The maximum atomic E-state index is 12.7. The van der Waals surface area contributed by atoms with Crippen molar-refractivity contribution in [3.63, 3.8) is 0 Å². The van der Waals surface area contributed by atoms with Crippen molar-refractivity contribution < 1.29 is 9.72 Å². The van der Waals surface area contributed by atoms with Crippen LogP contribution < -0.4 is 0 Å². The average Bonchev–Trinajstić information content (AvgIpc) is 3.08. The van der Waals surface area contributed by atoms with Crippen LogP contribution in [0.15, 0.2) is 6.07 Å². The molecule has 2 heterocycles. The van der Waals surface area contributed by atoms with Gasteiger partial charge in [0.15, 0.2) is 0 Å². The van der Waals surface area contributed by atoms with Gasteiger partial charge >= 0.3 is 5.82 Å². The highest BCUT2D eigenvalue weighted by Crippen LogP contribution is 2.20. The van der Waals surface area contributed by atoms with Crippen molar-refractivity contribution in [2.24, 2.45) is 0 Å². The van der Waals surface area contributed by atoms with Gasteiger partial charge in [-0.05, 0) is 39.5 Å². The third kappa shape index (κ3) is 3.54. The van der Waals surface area contributed by atoms with Gasteiger partial charge in [0.1, 0.15) is 6.04 Å². The predicted octanol–water partition coefficient (Wildman–Crippen LogP) is 2.15. The number of hydrogen-bond acceptors (Lipinski definition) is 5. The fraction of sp³-hybridized carbons (Fsp3) is 0.562. The van der Waals surface area contributed by atoms with Gasteiger partial charge < -0.3 is 15.0 Å². The van der Waals surface area contributed by atoms with Crippen molar-refractivity contribution in [2.45, 2.75) is 53.8 Å². The summed E-state index contributed by atoms with van der Waals surface area (Å²) < 4.78 is 3.31. The summed E-state index contributed by atoms with van der Waals surface area (Å²) in [5.74, 6) is -0.417. The summed E-state index contributed by atoms with van der Waals surface area (Å²) in [6.45, 7) is 10.5. The van der Waals surface area contributed by atoms with Crippen molar-refractivity contribution in [3.05, 3.63) is 38.8 Å². The molecular weight excluding hydrogens is 324 g/mol. The molecule has 0 spiro atoms. The summed E-state index contributed by atoms with van der Waals surface area (Å²) >= 11 is 0. The number of carbonyl (C=O) groups is 1. The van der Waals surface area contributed by atoms with E-state index < -0.39 is 11.0 Å². The van der Waals surface area contributed by atoms with Crippen molar-refractivity contribution in [2.75, 3.05) is 7.05 Å². The number of nitrogens with zero attached hydrogens (tertiary/aromatic N) is 6. The van der Waals surface area contributed by atoms with E-state index in [-0.39, 0.29) is 11.7 Å². The van der Waals surface area contributed by atoms with Gasteiger partial charge in [-0.15, -0.1) is 0 Å². The lowest BCUT2D eigenvalue weighted by Crippen LogP contribution is -2.33. The van der Waals surface area contributed by atoms with Crippen LogP contribution in [0.1, 0.15) is 42.5 Å². The van der Waals surface area contributed by atoms with Crippen LogP contribution in [0.4, 0.5) is 5.82 Å². The smallest absolute Gasteiger partial charge is 0.358 e. The van der Waals surface area contributed by atoms with Crippen LogP contribution >= 0.6 is 0 Å². The van der Waals surface area contributed by atoms with Crippen molar-refractivity contribution in [1.29, 1.82) is 0 Å². The fourth-order valence-electron chi connectivity index (χ4n) is 2.96. The molecule has 1 unspecified atom stereocenters. The van der Waals surface area contributed by atoms with Crippen LogP contribution in [0.2, 0.25) is 0 Å². The monoisotopic (exact) mass is 348 g/mol. The minimum atomic E-state index is -0.625. The SMILES string of the molecule is CCn1nc(C)c(CN(C)C(=O)C(C)n2nc([N+](=O)[O-])cc2C)c1C. The second kappa shape index (κ2) is 7.04. The Kier molecular flexibility index (Phi) is 5.24. The van der Waals surface area contributed by atoms with E-state index >= 15 is 0 Å². The molecular formula is C16H24N6O3. The van der Waals surface area contributed by atoms with E-state index in [2.05, 4.69) is 10.2 Å². The summed E-state index contributed by atoms with van der Waals surface area (Å²) in [4.78, 5) is 24.7. The molecule has 9 nitrogen and oxygen atoms in total. The number of nitro groups is 1.